The summed E-state index contributed by atoms with van der Waals surface area (Å²) in [5, 5.41) is 0.901. The third-order valence-corrected chi connectivity index (χ3v) is 3.25. The molecule has 0 spiro atoms. The van der Waals surface area contributed by atoms with E-state index in [1.54, 1.807) is 19.2 Å². The minimum absolute atomic E-state index is 0.137. The van der Waals surface area contributed by atoms with Crippen molar-refractivity contribution in [2.24, 2.45) is 0 Å². The van der Waals surface area contributed by atoms with E-state index in [2.05, 4.69) is 4.98 Å². The number of fused-ring (bicyclic) bond motifs is 1. The van der Waals surface area contributed by atoms with Crippen LogP contribution in [0.1, 0.15) is 5.56 Å². The van der Waals surface area contributed by atoms with E-state index in [0.717, 1.165) is 16.5 Å². The van der Waals surface area contributed by atoms with Crippen LogP contribution in [-0.4, -0.2) is 12.1 Å². The number of nitrogens with one attached hydrogen (secondary N) is 1. The number of pyridine rings is 1. The summed E-state index contributed by atoms with van der Waals surface area (Å²) in [6, 6.07) is 16.8. The molecule has 0 aliphatic heterocycles. The van der Waals surface area contributed by atoms with Crippen molar-refractivity contribution in [1.29, 1.82) is 0 Å². The SMILES string of the molecule is COc1cc2ccc(=O)[nH]c2cc1OCc1ccccc1. The predicted octanol–water partition coefficient (Wildman–Crippen LogP) is 3.12. The van der Waals surface area contributed by atoms with Crippen molar-refractivity contribution >= 4 is 10.9 Å². The number of hydrogen-bond donors (Lipinski definition) is 1. The van der Waals surface area contributed by atoms with Crippen molar-refractivity contribution in [2.45, 2.75) is 6.61 Å². The molecule has 4 nitrogen and oxygen atoms in total. The number of rotatable bonds is 4. The molecule has 0 bridgehead atoms. The van der Waals surface area contributed by atoms with Crippen LogP contribution in [0.2, 0.25) is 0 Å². The van der Waals surface area contributed by atoms with Gasteiger partial charge in [0.25, 0.3) is 0 Å². The van der Waals surface area contributed by atoms with Crippen LogP contribution in [0.4, 0.5) is 0 Å². The molecule has 0 atom stereocenters. The Morgan fingerprint density at radius 2 is 1.81 bits per heavy atom. The third kappa shape index (κ3) is 2.89. The van der Waals surface area contributed by atoms with E-state index in [4.69, 9.17) is 9.47 Å². The van der Waals surface area contributed by atoms with Gasteiger partial charge in [-0.15, -0.1) is 0 Å². The highest BCUT2D eigenvalue weighted by Gasteiger charge is 2.08. The molecule has 4 heteroatoms. The summed E-state index contributed by atoms with van der Waals surface area (Å²) in [7, 11) is 1.60. The molecule has 1 aromatic heterocycles. The first kappa shape index (κ1) is 13.2. The van der Waals surface area contributed by atoms with Gasteiger partial charge in [0, 0.05) is 17.5 Å². The third-order valence-electron chi connectivity index (χ3n) is 3.25. The largest absolute Gasteiger partial charge is 0.493 e. The normalized spacial score (nSPS) is 10.5. The summed E-state index contributed by atoms with van der Waals surface area (Å²) in [4.78, 5) is 14.2. The summed E-state index contributed by atoms with van der Waals surface area (Å²) < 4.78 is 11.2. The fourth-order valence-corrected chi connectivity index (χ4v) is 2.17. The second-order valence-electron chi connectivity index (χ2n) is 4.69. The fraction of sp³-hybridized carbons (Fsp3) is 0.118. The van der Waals surface area contributed by atoms with Crippen LogP contribution in [-0.2, 0) is 6.61 Å². The molecule has 21 heavy (non-hydrogen) atoms. The molecule has 2 aromatic carbocycles. The van der Waals surface area contributed by atoms with Crippen LogP contribution < -0.4 is 15.0 Å². The maximum atomic E-state index is 11.4. The van der Waals surface area contributed by atoms with E-state index in [-0.39, 0.29) is 5.56 Å². The molecule has 1 heterocycles. The van der Waals surface area contributed by atoms with Gasteiger partial charge in [0.05, 0.1) is 12.6 Å². The lowest BCUT2D eigenvalue weighted by atomic mass is 10.2. The smallest absolute Gasteiger partial charge is 0.248 e. The quantitative estimate of drug-likeness (QED) is 0.799. The summed E-state index contributed by atoms with van der Waals surface area (Å²) in [5.41, 5.74) is 1.66. The number of methoxy groups -OCH3 is 1. The van der Waals surface area contributed by atoms with Gasteiger partial charge in [0.2, 0.25) is 5.56 Å². The predicted molar refractivity (Wildman–Crippen MR) is 81.9 cm³/mol. The summed E-state index contributed by atoms with van der Waals surface area (Å²) >= 11 is 0. The van der Waals surface area contributed by atoms with E-state index in [9.17, 15) is 4.79 Å². The molecule has 0 aliphatic carbocycles. The lowest BCUT2D eigenvalue weighted by Crippen LogP contribution is -2.03. The topological polar surface area (TPSA) is 51.3 Å². The van der Waals surface area contributed by atoms with Crippen LogP contribution in [0.15, 0.2) is 59.4 Å². The molecular formula is C17H15NO3. The van der Waals surface area contributed by atoms with Crippen LogP contribution in [0.25, 0.3) is 10.9 Å². The zero-order valence-electron chi connectivity index (χ0n) is 11.6. The molecule has 0 radical (unpaired) electrons. The van der Waals surface area contributed by atoms with Gasteiger partial charge in [-0.3, -0.25) is 4.79 Å². The minimum Gasteiger partial charge on any atom is -0.493 e. The van der Waals surface area contributed by atoms with E-state index < -0.39 is 0 Å². The lowest BCUT2D eigenvalue weighted by molar-refractivity contribution is 0.285. The molecule has 0 fully saturated rings. The average molecular weight is 281 g/mol. The van der Waals surface area contributed by atoms with Crippen molar-refractivity contribution in [1.82, 2.24) is 4.98 Å². The van der Waals surface area contributed by atoms with E-state index in [0.29, 0.717) is 18.1 Å². The van der Waals surface area contributed by atoms with Gasteiger partial charge < -0.3 is 14.5 Å². The summed E-state index contributed by atoms with van der Waals surface area (Å²) in [5.74, 6) is 1.25. The van der Waals surface area contributed by atoms with E-state index >= 15 is 0 Å². The standard InChI is InChI=1S/C17H15NO3/c1-20-15-9-13-7-8-17(19)18-14(13)10-16(15)21-11-12-5-3-2-4-6-12/h2-10H,11H2,1H3,(H,18,19). The first-order chi connectivity index (χ1) is 10.3. The molecule has 0 aliphatic rings. The van der Waals surface area contributed by atoms with Gasteiger partial charge in [0.15, 0.2) is 11.5 Å². The van der Waals surface area contributed by atoms with Gasteiger partial charge >= 0.3 is 0 Å². The molecule has 0 amide bonds. The number of aromatic amines is 1. The molecule has 106 valence electrons. The van der Waals surface area contributed by atoms with Crippen LogP contribution in [0, 0.1) is 0 Å². The van der Waals surface area contributed by atoms with Crippen LogP contribution >= 0.6 is 0 Å². The zero-order chi connectivity index (χ0) is 14.7. The average Bonchev–Trinajstić information content (AvgIpc) is 2.53. The highest BCUT2D eigenvalue weighted by molar-refractivity contribution is 5.82. The molecular weight excluding hydrogens is 266 g/mol. The lowest BCUT2D eigenvalue weighted by Gasteiger charge is -2.12. The van der Waals surface area contributed by atoms with Gasteiger partial charge in [-0.25, -0.2) is 0 Å². The van der Waals surface area contributed by atoms with Crippen molar-refractivity contribution in [2.75, 3.05) is 7.11 Å². The Hall–Kier alpha value is -2.75. The van der Waals surface area contributed by atoms with E-state index in [1.165, 1.54) is 6.07 Å². The highest BCUT2D eigenvalue weighted by atomic mass is 16.5. The maximum Gasteiger partial charge on any atom is 0.248 e. The van der Waals surface area contributed by atoms with E-state index in [1.807, 2.05) is 36.4 Å². The number of hydrogen-bond acceptors (Lipinski definition) is 3. The molecule has 3 rings (SSSR count). The Morgan fingerprint density at radius 1 is 1.00 bits per heavy atom. The van der Waals surface area contributed by atoms with Crippen molar-refractivity contribution in [3.8, 4) is 11.5 Å². The fourth-order valence-electron chi connectivity index (χ4n) is 2.17. The van der Waals surface area contributed by atoms with Gasteiger partial charge in [-0.2, -0.15) is 0 Å². The molecule has 0 saturated carbocycles. The number of benzene rings is 2. The second kappa shape index (κ2) is 5.71. The second-order valence-corrected chi connectivity index (χ2v) is 4.69. The first-order valence-electron chi connectivity index (χ1n) is 6.64. The Morgan fingerprint density at radius 3 is 2.57 bits per heavy atom. The number of H-pyrrole nitrogens is 1. The number of ether oxygens (including phenoxy) is 2. The molecule has 0 unspecified atom stereocenters. The molecule has 0 saturated heterocycles. The Bertz CT molecular complexity index is 809. The zero-order valence-corrected chi connectivity index (χ0v) is 11.6. The van der Waals surface area contributed by atoms with Gasteiger partial charge in [-0.05, 0) is 17.7 Å². The van der Waals surface area contributed by atoms with Gasteiger partial charge in [0.1, 0.15) is 6.61 Å². The Balaban J connectivity index is 1.94. The summed E-state index contributed by atoms with van der Waals surface area (Å²) in [6.45, 7) is 0.444. The summed E-state index contributed by atoms with van der Waals surface area (Å²) in [6.07, 6.45) is 0. The highest BCUT2D eigenvalue weighted by Crippen LogP contribution is 2.31. The van der Waals surface area contributed by atoms with Crippen molar-refractivity contribution in [3.05, 3.63) is 70.5 Å². The van der Waals surface area contributed by atoms with Crippen LogP contribution in [0.3, 0.4) is 0 Å². The molecule has 3 aromatic rings. The van der Waals surface area contributed by atoms with Gasteiger partial charge in [-0.1, -0.05) is 30.3 Å². The monoisotopic (exact) mass is 281 g/mol. The Kier molecular flexibility index (Phi) is 3.60. The van der Waals surface area contributed by atoms with Crippen molar-refractivity contribution < 1.29 is 9.47 Å². The Labute approximate surface area is 122 Å². The maximum absolute atomic E-state index is 11.4. The number of aromatic nitrogens is 1. The molecule has 1 N–H and O–H groups in total. The van der Waals surface area contributed by atoms with Crippen LogP contribution in [0.5, 0.6) is 11.5 Å². The minimum atomic E-state index is -0.137. The van der Waals surface area contributed by atoms with Crippen molar-refractivity contribution in [3.63, 3.8) is 0 Å². The first-order valence-corrected chi connectivity index (χ1v) is 6.64.